The predicted molar refractivity (Wildman–Crippen MR) is 104 cm³/mol. The highest BCUT2D eigenvalue weighted by molar-refractivity contribution is 7.09. The number of aromatic nitrogens is 1. The van der Waals surface area contributed by atoms with Crippen molar-refractivity contribution in [3.63, 3.8) is 0 Å². The summed E-state index contributed by atoms with van der Waals surface area (Å²) in [6, 6.07) is 0. The van der Waals surface area contributed by atoms with Crippen molar-refractivity contribution in [1.82, 2.24) is 4.57 Å². The number of nitrogens with zero attached hydrogens (tertiary/aromatic N) is 2. The minimum atomic E-state index is -0.214. The first-order valence-electron chi connectivity index (χ1n) is 9.93. The smallest absolute Gasteiger partial charge is 0.254 e. The maximum Gasteiger partial charge on any atom is 0.254 e. The molecule has 1 amide bonds. The van der Waals surface area contributed by atoms with E-state index < -0.39 is 0 Å². The molecule has 26 heavy (non-hydrogen) atoms. The molecule has 2 unspecified atom stereocenters. The summed E-state index contributed by atoms with van der Waals surface area (Å²) >= 11 is 1.64. The van der Waals surface area contributed by atoms with Gasteiger partial charge in [0.2, 0.25) is 0 Å². The number of carbonyl (C=O) groups excluding carboxylic acids is 1. The fourth-order valence-electron chi connectivity index (χ4n) is 7.02. The van der Waals surface area contributed by atoms with E-state index in [-0.39, 0.29) is 11.3 Å². The molecule has 0 aliphatic heterocycles. The molecule has 4 saturated carbocycles. The zero-order valence-corrected chi connectivity index (χ0v) is 17.7. The monoisotopic (exact) mass is 376 g/mol. The molecule has 0 radical (unpaired) electrons. The molecular weight excluding hydrogens is 344 g/mol. The van der Waals surface area contributed by atoms with Gasteiger partial charge >= 0.3 is 0 Å². The van der Waals surface area contributed by atoms with Gasteiger partial charge in [0.15, 0.2) is 4.80 Å². The van der Waals surface area contributed by atoms with E-state index in [0.29, 0.717) is 23.4 Å². The van der Waals surface area contributed by atoms with Crippen LogP contribution in [0.2, 0.25) is 0 Å². The van der Waals surface area contributed by atoms with Gasteiger partial charge in [-0.2, -0.15) is 4.99 Å². The van der Waals surface area contributed by atoms with Gasteiger partial charge in [-0.25, -0.2) is 0 Å². The maximum atomic E-state index is 13.5. The molecule has 144 valence electrons. The van der Waals surface area contributed by atoms with E-state index in [0.717, 1.165) is 30.6 Å². The summed E-state index contributed by atoms with van der Waals surface area (Å²) in [6.07, 6.45) is 7.04. The van der Waals surface area contributed by atoms with Crippen LogP contribution in [-0.4, -0.2) is 24.2 Å². The van der Waals surface area contributed by atoms with E-state index >= 15 is 0 Å². The van der Waals surface area contributed by atoms with Crippen molar-refractivity contribution in [3.05, 3.63) is 15.4 Å². The number of aryl methyl sites for hydroxylation is 1. The zero-order valence-electron chi connectivity index (χ0n) is 16.9. The number of ether oxygens (including phenoxy) is 1. The maximum absolute atomic E-state index is 13.5. The molecule has 1 aromatic rings. The lowest BCUT2D eigenvalue weighted by molar-refractivity contribution is -0.167. The minimum absolute atomic E-state index is 0.145. The van der Waals surface area contributed by atoms with Crippen LogP contribution in [0.5, 0.6) is 0 Å². The molecule has 4 bridgehead atoms. The van der Waals surface area contributed by atoms with Gasteiger partial charge in [-0.3, -0.25) is 4.79 Å². The van der Waals surface area contributed by atoms with Gasteiger partial charge in [0.05, 0.1) is 12.0 Å². The number of amides is 1. The average Bonchev–Trinajstić information content (AvgIpc) is 2.76. The third-order valence-corrected chi connectivity index (χ3v) is 8.28. The second-order valence-corrected chi connectivity index (χ2v) is 11.2. The number of thiazole rings is 1. The van der Waals surface area contributed by atoms with Crippen molar-refractivity contribution in [1.29, 1.82) is 0 Å². The fraction of sp³-hybridized carbons (Fsp3) is 0.810. The highest BCUT2D eigenvalue weighted by atomic mass is 32.1. The average molecular weight is 377 g/mol. The molecule has 0 N–H and O–H groups in total. The topological polar surface area (TPSA) is 43.6 Å². The molecule has 0 saturated heterocycles. The lowest BCUT2D eigenvalue weighted by Gasteiger charge is -2.64. The van der Waals surface area contributed by atoms with Gasteiger partial charge in [-0.05, 0) is 69.1 Å². The van der Waals surface area contributed by atoms with Gasteiger partial charge in [0, 0.05) is 24.2 Å². The summed E-state index contributed by atoms with van der Waals surface area (Å²) in [5.41, 5.74) is 1.66. The van der Waals surface area contributed by atoms with Gasteiger partial charge in [-0.1, -0.05) is 13.8 Å². The standard InChI is InChI=1S/C21H32N2O2S/c1-14-15(2)26-18(23(14)6-7-25-5)22-17(24)21-10-16-8-19(3,12-21)11-20(4,9-16)13-21/h16H,6-13H2,1-5H3/b22-18-. The predicted octanol–water partition coefficient (Wildman–Crippen LogP) is 4.24. The second-order valence-electron chi connectivity index (χ2n) is 10.00. The Hall–Kier alpha value is -0.940. The molecule has 5 rings (SSSR count). The van der Waals surface area contributed by atoms with Crippen molar-refractivity contribution in [2.75, 3.05) is 13.7 Å². The Morgan fingerprint density at radius 1 is 1.19 bits per heavy atom. The third kappa shape index (κ3) is 2.91. The Labute approximate surface area is 160 Å². The van der Waals surface area contributed by atoms with E-state index in [9.17, 15) is 4.79 Å². The molecule has 1 heterocycles. The van der Waals surface area contributed by atoms with E-state index in [2.05, 4.69) is 32.3 Å². The van der Waals surface area contributed by atoms with Crippen molar-refractivity contribution in [3.8, 4) is 0 Å². The van der Waals surface area contributed by atoms with Gasteiger partial charge in [-0.15, -0.1) is 11.3 Å². The van der Waals surface area contributed by atoms with Gasteiger partial charge in [0.1, 0.15) is 0 Å². The molecule has 5 heteroatoms. The Balaban J connectivity index is 1.71. The van der Waals surface area contributed by atoms with Crippen LogP contribution in [0.3, 0.4) is 0 Å². The van der Waals surface area contributed by atoms with Crippen LogP contribution in [0, 0.1) is 36.0 Å². The molecule has 4 nitrogen and oxygen atoms in total. The molecule has 2 atom stereocenters. The van der Waals surface area contributed by atoms with Gasteiger partial charge < -0.3 is 9.30 Å². The summed E-state index contributed by atoms with van der Waals surface area (Å²) < 4.78 is 7.41. The zero-order chi connectivity index (χ0) is 18.7. The summed E-state index contributed by atoms with van der Waals surface area (Å²) in [4.78, 5) is 20.3. The molecule has 4 aliphatic carbocycles. The first-order valence-corrected chi connectivity index (χ1v) is 10.7. The first kappa shape index (κ1) is 18.4. The van der Waals surface area contributed by atoms with E-state index in [4.69, 9.17) is 9.73 Å². The number of hydrogen-bond donors (Lipinski definition) is 0. The lowest BCUT2D eigenvalue weighted by Crippen LogP contribution is -2.57. The Morgan fingerprint density at radius 3 is 2.42 bits per heavy atom. The largest absolute Gasteiger partial charge is 0.383 e. The van der Waals surface area contributed by atoms with E-state index in [1.807, 2.05) is 0 Å². The van der Waals surface area contributed by atoms with Crippen LogP contribution in [0.4, 0.5) is 0 Å². The molecule has 1 aromatic heterocycles. The fourth-order valence-corrected chi connectivity index (χ4v) is 8.02. The third-order valence-electron chi connectivity index (χ3n) is 7.19. The molecular formula is C21H32N2O2S. The van der Waals surface area contributed by atoms with Crippen LogP contribution in [0.15, 0.2) is 4.99 Å². The van der Waals surface area contributed by atoms with Crippen LogP contribution >= 0.6 is 11.3 Å². The Bertz CT molecular complexity index is 787. The molecule has 4 fully saturated rings. The number of rotatable bonds is 4. The Morgan fingerprint density at radius 2 is 1.85 bits per heavy atom. The van der Waals surface area contributed by atoms with Crippen molar-refractivity contribution >= 4 is 17.2 Å². The summed E-state index contributed by atoms with van der Waals surface area (Å²) in [6.45, 7) is 10.4. The Kier molecular flexibility index (Phi) is 4.27. The van der Waals surface area contributed by atoms with Crippen LogP contribution in [-0.2, 0) is 16.1 Å². The SMILES string of the molecule is COCCn1c(C)c(C)s/c1=N\C(=O)C12CC3CC(C)(CC(C)(C3)C1)C2. The quantitative estimate of drug-likeness (QED) is 0.789. The highest BCUT2D eigenvalue weighted by Crippen LogP contribution is 2.69. The number of methoxy groups -OCH3 is 1. The minimum Gasteiger partial charge on any atom is -0.383 e. The van der Waals surface area contributed by atoms with Gasteiger partial charge in [0.25, 0.3) is 5.91 Å². The van der Waals surface area contributed by atoms with Crippen molar-refractivity contribution in [2.45, 2.75) is 72.8 Å². The van der Waals surface area contributed by atoms with Crippen molar-refractivity contribution < 1.29 is 9.53 Å². The normalized spacial score (nSPS) is 39.0. The van der Waals surface area contributed by atoms with Crippen LogP contribution in [0.1, 0.15) is 62.9 Å². The van der Waals surface area contributed by atoms with Crippen molar-refractivity contribution in [2.24, 2.45) is 27.2 Å². The number of carbonyl (C=O) groups is 1. The molecule has 0 aromatic carbocycles. The summed E-state index contributed by atoms with van der Waals surface area (Å²) in [5.74, 6) is 0.860. The molecule has 4 aliphatic rings. The lowest BCUT2D eigenvalue weighted by atomic mass is 9.40. The molecule has 0 spiro atoms. The summed E-state index contributed by atoms with van der Waals surface area (Å²) in [5, 5.41) is 0. The first-order chi connectivity index (χ1) is 12.2. The van der Waals surface area contributed by atoms with Crippen LogP contribution in [0.25, 0.3) is 0 Å². The summed E-state index contributed by atoms with van der Waals surface area (Å²) in [7, 11) is 1.72. The second kappa shape index (κ2) is 6.03. The highest BCUT2D eigenvalue weighted by Gasteiger charge is 2.62. The number of hydrogen-bond acceptors (Lipinski definition) is 3. The van der Waals surface area contributed by atoms with Crippen LogP contribution < -0.4 is 4.80 Å². The van der Waals surface area contributed by atoms with E-state index in [1.54, 1.807) is 18.4 Å². The van der Waals surface area contributed by atoms with E-state index in [1.165, 1.54) is 29.8 Å².